The minimum absolute atomic E-state index is 0.0255. The number of phosphoric ester groups is 1. The lowest BCUT2D eigenvalue weighted by atomic mass is 10.1. The number of aliphatic carboxylic acids is 1. The Balaban J connectivity index is 5.21. The van der Waals surface area contributed by atoms with E-state index >= 15 is 0 Å². The van der Waals surface area contributed by atoms with E-state index in [1.54, 1.807) is 18.2 Å². The van der Waals surface area contributed by atoms with Crippen LogP contribution in [-0.4, -0.2) is 105 Å². The fourth-order valence-electron chi connectivity index (χ4n) is 5.88. The fraction of sp³-hybridized carbons (Fsp3) is 0.723. The van der Waals surface area contributed by atoms with E-state index in [1.807, 2.05) is 18.2 Å². The molecule has 6 atom stereocenters. The van der Waals surface area contributed by atoms with Crippen molar-refractivity contribution in [2.75, 3.05) is 32.2 Å². The SMILES string of the molecule is CCCCC/C=C\C\C=C/C=C/C=C/[C@@H](SC[C@H](N)C(=O)O[C@H](COC(=O)CCCCCCCCC/C=C\CCCCCC)COP(=O)(O)OC[C@@H](O)CO)[C@@H](O)CCCC(=O)O. The number of carboxylic acids is 1. The zero-order valence-corrected chi connectivity index (χ0v) is 39.9. The van der Waals surface area contributed by atoms with Crippen LogP contribution in [-0.2, 0) is 37.5 Å². The highest BCUT2D eigenvalue weighted by atomic mass is 32.2. The summed E-state index contributed by atoms with van der Waals surface area (Å²) in [6.07, 6.45) is 36.6. The van der Waals surface area contributed by atoms with Gasteiger partial charge in [-0.15, -0.1) is 11.8 Å². The highest BCUT2D eigenvalue weighted by Crippen LogP contribution is 2.43. The van der Waals surface area contributed by atoms with Crippen molar-refractivity contribution in [2.45, 2.75) is 185 Å². The van der Waals surface area contributed by atoms with Gasteiger partial charge in [0, 0.05) is 23.8 Å². The molecule has 1 unspecified atom stereocenters. The number of allylic oxidation sites excluding steroid dienone is 9. The number of rotatable bonds is 43. The van der Waals surface area contributed by atoms with Crippen LogP contribution in [0.1, 0.15) is 155 Å². The molecule has 0 aliphatic rings. The number of ether oxygens (including phenoxy) is 2. The molecule has 0 fully saturated rings. The van der Waals surface area contributed by atoms with Gasteiger partial charge >= 0.3 is 25.7 Å². The first-order valence-electron chi connectivity index (χ1n) is 23.2. The molecule has 0 aliphatic heterocycles. The van der Waals surface area contributed by atoms with Crippen LogP contribution in [0.2, 0.25) is 0 Å². The highest BCUT2D eigenvalue weighted by molar-refractivity contribution is 8.00. The Morgan fingerprint density at radius 3 is 1.92 bits per heavy atom. The zero-order chi connectivity index (χ0) is 46.8. The third-order valence-electron chi connectivity index (χ3n) is 9.64. The van der Waals surface area contributed by atoms with Crippen LogP contribution in [0.25, 0.3) is 0 Å². The number of hydrogen-bond donors (Lipinski definition) is 6. The standard InChI is InChI=1S/C47H82NO13PS/c1-3-5-7-9-11-13-15-17-18-19-21-23-25-27-29-34-46(54)58-37-41(38-60-62(56,57)59-36-40(50)35-49)61-47(55)42(48)39-63-44(43(51)31-30-33-45(52)53)32-28-26-24-22-20-16-14-12-10-8-6-4-2/h12-15,20,22,24,26,28,32,40-44,49-51H,3-11,16-19,21,23,25,27,29-31,33-39,48H2,1-2H3,(H,52,53)(H,56,57)/b14-12-,15-13-,22-20-,26-24+,32-28+/t40-,41+,42-,43-,44+/m0/s1. The van der Waals surface area contributed by atoms with Crippen LogP contribution in [0.4, 0.5) is 0 Å². The second-order valence-electron chi connectivity index (χ2n) is 15.6. The molecule has 0 saturated heterocycles. The number of carbonyl (C=O) groups is 3. The lowest BCUT2D eigenvalue weighted by Gasteiger charge is -2.23. The van der Waals surface area contributed by atoms with Crippen LogP contribution in [0, 0.1) is 0 Å². The third kappa shape index (κ3) is 39.5. The van der Waals surface area contributed by atoms with Gasteiger partial charge in [0.15, 0.2) is 6.10 Å². The quantitative estimate of drug-likeness (QED) is 0.0110. The lowest BCUT2D eigenvalue weighted by Crippen LogP contribution is -2.40. The van der Waals surface area contributed by atoms with Crippen molar-refractivity contribution in [1.29, 1.82) is 0 Å². The minimum Gasteiger partial charge on any atom is -0.481 e. The molecule has 0 aliphatic carbocycles. The topological polar surface area (TPSA) is 232 Å². The average molecular weight is 932 g/mol. The Hall–Kier alpha value is -2.59. The van der Waals surface area contributed by atoms with E-state index in [0.717, 1.165) is 51.4 Å². The summed E-state index contributed by atoms with van der Waals surface area (Å²) in [5.74, 6) is -2.47. The molecule has 364 valence electrons. The molecular formula is C47H82NO13PS. The van der Waals surface area contributed by atoms with Crippen LogP contribution in [0.3, 0.4) is 0 Å². The highest BCUT2D eigenvalue weighted by Gasteiger charge is 2.29. The number of unbranched alkanes of at least 4 members (excludes halogenated alkanes) is 14. The van der Waals surface area contributed by atoms with Gasteiger partial charge in [-0.1, -0.05) is 139 Å². The zero-order valence-electron chi connectivity index (χ0n) is 38.2. The summed E-state index contributed by atoms with van der Waals surface area (Å²) in [5.41, 5.74) is 6.19. The van der Waals surface area contributed by atoms with Crippen LogP contribution < -0.4 is 5.73 Å². The van der Waals surface area contributed by atoms with Crippen LogP contribution >= 0.6 is 19.6 Å². The summed E-state index contributed by atoms with van der Waals surface area (Å²) in [5, 5.41) is 37.9. The molecule has 0 aromatic heterocycles. The number of phosphoric acid groups is 1. The molecule has 0 rings (SSSR count). The number of carbonyl (C=O) groups excluding carboxylic acids is 2. The first-order chi connectivity index (χ1) is 30.3. The molecule has 0 spiro atoms. The van der Waals surface area contributed by atoms with E-state index < -0.39 is 81.8 Å². The largest absolute Gasteiger partial charge is 0.481 e. The molecule has 14 nitrogen and oxygen atoms in total. The Morgan fingerprint density at radius 1 is 0.698 bits per heavy atom. The van der Waals surface area contributed by atoms with Gasteiger partial charge < -0.3 is 40.5 Å². The van der Waals surface area contributed by atoms with Gasteiger partial charge in [-0.3, -0.25) is 23.4 Å². The molecule has 0 aromatic carbocycles. The number of aliphatic hydroxyl groups excluding tert-OH is 3. The maximum atomic E-state index is 13.2. The van der Waals surface area contributed by atoms with E-state index in [9.17, 15) is 34.1 Å². The Bertz CT molecular complexity index is 1360. The number of carboxylic acid groups (broad SMARTS) is 1. The molecule has 0 radical (unpaired) electrons. The summed E-state index contributed by atoms with van der Waals surface area (Å²) >= 11 is 1.17. The smallest absolute Gasteiger partial charge is 0.472 e. The number of nitrogens with two attached hydrogens (primary N) is 1. The summed E-state index contributed by atoms with van der Waals surface area (Å²) in [6, 6.07) is -1.24. The van der Waals surface area contributed by atoms with Crippen LogP contribution in [0.15, 0.2) is 60.8 Å². The number of esters is 2. The van der Waals surface area contributed by atoms with E-state index in [0.29, 0.717) is 6.42 Å². The minimum atomic E-state index is -4.78. The first kappa shape index (κ1) is 60.4. The van der Waals surface area contributed by atoms with Crippen LogP contribution in [0.5, 0.6) is 0 Å². The van der Waals surface area contributed by atoms with Crippen molar-refractivity contribution in [3.8, 4) is 0 Å². The van der Waals surface area contributed by atoms with Gasteiger partial charge in [0.05, 0.1) is 25.9 Å². The normalized spacial score (nSPS) is 15.7. The molecule has 0 heterocycles. The van der Waals surface area contributed by atoms with Crippen molar-refractivity contribution >= 4 is 37.5 Å². The lowest BCUT2D eigenvalue weighted by molar-refractivity contribution is -0.161. The van der Waals surface area contributed by atoms with Crippen molar-refractivity contribution in [3.05, 3.63) is 60.8 Å². The van der Waals surface area contributed by atoms with E-state index in [-0.39, 0.29) is 31.4 Å². The average Bonchev–Trinajstić information content (AvgIpc) is 3.26. The number of hydrogen-bond acceptors (Lipinski definition) is 13. The van der Waals surface area contributed by atoms with Gasteiger partial charge in [0.1, 0.15) is 18.8 Å². The van der Waals surface area contributed by atoms with E-state index in [1.165, 1.54) is 69.5 Å². The van der Waals surface area contributed by atoms with Crippen molar-refractivity contribution in [1.82, 2.24) is 0 Å². The van der Waals surface area contributed by atoms with Gasteiger partial charge in [-0.05, 0) is 64.2 Å². The van der Waals surface area contributed by atoms with Gasteiger partial charge in [-0.25, -0.2) is 4.57 Å². The molecule has 0 aromatic rings. The number of thioether (sulfide) groups is 1. The molecule has 0 bridgehead atoms. The maximum Gasteiger partial charge on any atom is 0.472 e. The predicted octanol–water partition coefficient (Wildman–Crippen LogP) is 9.21. The summed E-state index contributed by atoms with van der Waals surface area (Å²) in [7, 11) is -4.78. The second-order valence-corrected chi connectivity index (χ2v) is 18.3. The van der Waals surface area contributed by atoms with Crippen molar-refractivity contribution < 1.29 is 62.8 Å². The van der Waals surface area contributed by atoms with Crippen molar-refractivity contribution in [2.24, 2.45) is 5.73 Å². The summed E-state index contributed by atoms with van der Waals surface area (Å²) in [4.78, 5) is 46.9. The summed E-state index contributed by atoms with van der Waals surface area (Å²) < 4.78 is 32.9. The van der Waals surface area contributed by atoms with E-state index in [4.69, 9.17) is 29.9 Å². The van der Waals surface area contributed by atoms with Gasteiger partial charge in [-0.2, -0.15) is 0 Å². The summed E-state index contributed by atoms with van der Waals surface area (Å²) in [6.45, 7) is 1.75. The molecular weight excluding hydrogens is 850 g/mol. The van der Waals surface area contributed by atoms with Crippen molar-refractivity contribution in [3.63, 3.8) is 0 Å². The molecule has 7 N–H and O–H groups in total. The Kier molecular flexibility index (Phi) is 40.3. The monoisotopic (exact) mass is 932 g/mol. The molecule has 63 heavy (non-hydrogen) atoms. The molecule has 16 heteroatoms. The first-order valence-corrected chi connectivity index (χ1v) is 25.7. The number of aliphatic hydroxyl groups is 3. The Labute approximate surface area is 382 Å². The maximum absolute atomic E-state index is 13.2. The second kappa shape index (κ2) is 42.1. The molecule has 0 amide bonds. The Morgan fingerprint density at radius 2 is 1.27 bits per heavy atom. The predicted molar refractivity (Wildman–Crippen MR) is 252 cm³/mol. The van der Waals surface area contributed by atoms with E-state index in [2.05, 4.69) is 42.7 Å². The van der Waals surface area contributed by atoms with Gasteiger partial charge in [0.2, 0.25) is 0 Å². The van der Waals surface area contributed by atoms with Gasteiger partial charge in [0.25, 0.3) is 0 Å². The molecule has 0 saturated carbocycles. The fourth-order valence-corrected chi connectivity index (χ4v) is 7.80. The third-order valence-corrected chi connectivity index (χ3v) is 12.0.